The fourth-order valence-electron chi connectivity index (χ4n) is 1.91. The van der Waals surface area contributed by atoms with E-state index in [9.17, 15) is 9.59 Å². The second-order valence-electron chi connectivity index (χ2n) is 5.15. The summed E-state index contributed by atoms with van der Waals surface area (Å²) in [7, 11) is 0. The summed E-state index contributed by atoms with van der Waals surface area (Å²) in [4.78, 5) is 23.9. The minimum atomic E-state index is -0.416. The monoisotopic (exact) mass is 332 g/mol. The van der Waals surface area contributed by atoms with Crippen LogP contribution in [0.3, 0.4) is 0 Å². The molecule has 0 aliphatic heterocycles. The van der Waals surface area contributed by atoms with Gasteiger partial charge >= 0.3 is 0 Å². The lowest BCUT2D eigenvalue weighted by molar-refractivity contribution is -0.123. The Morgan fingerprint density at radius 1 is 1.17 bits per heavy atom. The summed E-state index contributed by atoms with van der Waals surface area (Å²) in [6, 6.07) is 11.1. The van der Waals surface area contributed by atoms with E-state index in [1.165, 1.54) is 16.9 Å². The summed E-state index contributed by atoms with van der Waals surface area (Å²) in [5.74, 6) is 0.365. The summed E-state index contributed by atoms with van der Waals surface area (Å²) in [5, 5.41) is 1.79. The molecule has 2 rings (SSSR count). The maximum atomic E-state index is 11.7. The number of nitrogens with one attached hydrogen (secondary N) is 2. The fourth-order valence-corrected chi connectivity index (χ4v) is 2.53. The van der Waals surface area contributed by atoms with Gasteiger partial charge in [0.25, 0.3) is 11.8 Å². The number of hydrogen-bond acceptors (Lipinski definition) is 4. The Morgan fingerprint density at radius 3 is 2.52 bits per heavy atom. The molecule has 0 radical (unpaired) electrons. The molecule has 122 valence electrons. The summed E-state index contributed by atoms with van der Waals surface area (Å²) in [6.07, 6.45) is 1.08. The first kappa shape index (κ1) is 17.0. The quantitative estimate of drug-likeness (QED) is 0.799. The van der Waals surface area contributed by atoms with Crippen molar-refractivity contribution < 1.29 is 14.3 Å². The Labute approximate surface area is 139 Å². The average Bonchev–Trinajstić information content (AvgIpc) is 3.12. The SMILES string of the molecule is CC[C@H](C)c1ccc(OCC(=O)NNC(=O)c2cccs2)cc1. The molecule has 0 saturated heterocycles. The maximum Gasteiger partial charge on any atom is 0.279 e. The van der Waals surface area contributed by atoms with E-state index in [4.69, 9.17) is 4.74 Å². The zero-order chi connectivity index (χ0) is 16.7. The predicted molar refractivity (Wildman–Crippen MR) is 90.6 cm³/mol. The van der Waals surface area contributed by atoms with Crippen LogP contribution in [-0.2, 0) is 4.79 Å². The van der Waals surface area contributed by atoms with Crippen LogP contribution in [0.1, 0.15) is 41.4 Å². The van der Waals surface area contributed by atoms with Gasteiger partial charge in [0, 0.05) is 0 Å². The van der Waals surface area contributed by atoms with Gasteiger partial charge in [-0.15, -0.1) is 11.3 Å². The number of rotatable bonds is 6. The summed E-state index contributed by atoms with van der Waals surface area (Å²) in [5.41, 5.74) is 5.91. The van der Waals surface area contributed by atoms with Crippen molar-refractivity contribution in [2.24, 2.45) is 0 Å². The summed E-state index contributed by atoms with van der Waals surface area (Å²) in [6.45, 7) is 4.15. The van der Waals surface area contributed by atoms with Crippen LogP contribution in [0.15, 0.2) is 41.8 Å². The van der Waals surface area contributed by atoms with Gasteiger partial charge in [-0.2, -0.15) is 0 Å². The minimum Gasteiger partial charge on any atom is -0.484 e. The minimum absolute atomic E-state index is 0.159. The largest absolute Gasteiger partial charge is 0.484 e. The van der Waals surface area contributed by atoms with Crippen molar-refractivity contribution in [1.82, 2.24) is 10.9 Å². The van der Waals surface area contributed by atoms with Crippen molar-refractivity contribution in [2.75, 3.05) is 6.61 Å². The maximum absolute atomic E-state index is 11.7. The van der Waals surface area contributed by atoms with Gasteiger partial charge in [-0.3, -0.25) is 20.4 Å². The first-order chi connectivity index (χ1) is 11.1. The van der Waals surface area contributed by atoms with Gasteiger partial charge in [-0.25, -0.2) is 0 Å². The molecular weight excluding hydrogens is 312 g/mol. The molecule has 5 nitrogen and oxygen atoms in total. The third-order valence-corrected chi connectivity index (χ3v) is 4.36. The Kier molecular flexibility index (Phi) is 6.17. The molecule has 0 saturated carbocycles. The number of thiophene rings is 1. The molecule has 2 N–H and O–H groups in total. The highest BCUT2D eigenvalue weighted by atomic mass is 32.1. The zero-order valence-corrected chi connectivity index (χ0v) is 14.0. The smallest absolute Gasteiger partial charge is 0.279 e. The van der Waals surface area contributed by atoms with Crippen LogP contribution in [0.5, 0.6) is 5.75 Å². The lowest BCUT2D eigenvalue weighted by Crippen LogP contribution is -2.43. The molecule has 0 aliphatic rings. The number of carbonyl (C=O) groups is 2. The molecule has 0 aliphatic carbocycles. The fraction of sp³-hybridized carbons (Fsp3) is 0.294. The topological polar surface area (TPSA) is 67.4 Å². The molecule has 1 aromatic heterocycles. The average molecular weight is 332 g/mol. The van der Waals surface area contributed by atoms with Crippen LogP contribution in [0.25, 0.3) is 0 Å². The van der Waals surface area contributed by atoms with Crippen molar-refractivity contribution in [3.05, 3.63) is 52.2 Å². The molecule has 0 bridgehead atoms. The molecule has 6 heteroatoms. The Bertz CT molecular complexity index is 638. The first-order valence-corrected chi connectivity index (χ1v) is 8.33. The van der Waals surface area contributed by atoms with Crippen LogP contribution >= 0.6 is 11.3 Å². The number of amides is 2. The summed E-state index contributed by atoms with van der Waals surface area (Å²) >= 11 is 1.30. The highest BCUT2D eigenvalue weighted by Gasteiger charge is 2.09. The predicted octanol–water partition coefficient (Wildman–Crippen LogP) is 3.10. The lowest BCUT2D eigenvalue weighted by Gasteiger charge is -2.11. The van der Waals surface area contributed by atoms with Gasteiger partial charge in [-0.1, -0.05) is 32.0 Å². The highest BCUT2D eigenvalue weighted by Crippen LogP contribution is 2.21. The van der Waals surface area contributed by atoms with Gasteiger partial charge in [0.05, 0.1) is 4.88 Å². The van der Waals surface area contributed by atoms with Gasteiger partial charge in [0.2, 0.25) is 0 Å². The van der Waals surface area contributed by atoms with E-state index in [0.717, 1.165) is 6.42 Å². The van der Waals surface area contributed by atoms with Crippen LogP contribution in [0.2, 0.25) is 0 Å². The van der Waals surface area contributed by atoms with E-state index in [-0.39, 0.29) is 12.5 Å². The molecule has 1 heterocycles. The lowest BCUT2D eigenvalue weighted by atomic mass is 9.99. The van der Waals surface area contributed by atoms with Gasteiger partial charge in [0.1, 0.15) is 5.75 Å². The molecule has 2 aromatic rings. The standard InChI is InChI=1S/C17H20N2O3S/c1-3-12(2)13-6-8-14(9-7-13)22-11-16(20)18-19-17(21)15-5-4-10-23-15/h4-10,12H,3,11H2,1-2H3,(H,18,20)(H,19,21)/t12-/m0/s1. The first-order valence-electron chi connectivity index (χ1n) is 7.45. The molecule has 1 atom stereocenters. The van der Waals surface area contributed by atoms with E-state index in [2.05, 4.69) is 24.7 Å². The number of hydrogen-bond donors (Lipinski definition) is 2. The zero-order valence-electron chi connectivity index (χ0n) is 13.2. The second-order valence-corrected chi connectivity index (χ2v) is 6.09. The number of hydrazine groups is 1. The Morgan fingerprint density at radius 2 is 1.91 bits per heavy atom. The van der Waals surface area contributed by atoms with Crippen molar-refractivity contribution >= 4 is 23.2 Å². The molecule has 1 aromatic carbocycles. The van der Waals surface area contributed by atoms with Crippen LogP contribution < -0.4 is 15.6 Å². The van der Waals surface area contributed by atoms with E-state index >= 15 is 0 Å². The molecule has 0 spiro atoms. The molecule has 0 unspecified atom stereocenters. The number of benzene rings is 1. The molecule has 23 heavy (non-hydrogen) atoms. The van der Waals surface area contributed by atoms with Crippen LogP contribution in [0.4, 0.5) is 0 Å². The molecule has 0 fully saturated rings. The van der Waals surface area contributed by atoms with Crippen molar-refractivity contribution in [2.45, 2.75) is 26.2 Å². The molecular formula is C17H20N2O3S. The van der Waals surface area contributed by atoms with Crippen molar-refractivity contribution in [3.63, 3.8) is 0 Å². The third-order valence-electron chi connectivity index (χ3n) is 3.49. The second kappa shape index (κ2) is 8.33. The van der Waals surface area contributed by atoms with Crippen molar-refractivity contribution in [1.29, 1.82) is 0 Å². The summed E-state index contributed by atoms with van der Waals surface area (Å²) < 4.78 is 5.40. The number of carbonyl (C=O) groups excluding carboxylic acids is 2. The van der Waals surface area contributed by atoms with Gasteiger partial charge in [-0.05, 0) is 41.5 Å². The normalized spacial score (nSPS) is 11.6. The highest BCUT2D eigenvalue weighted by molar-refractivity contribution is 7.12. The Balaban J connectivity index is 1.75. The van der Waals surface area contributed by atoms with Crippen LogP contribution in [0, 0.1) is 0 Å². The third kappa shape index (κ3) is 5.10. The van der Waals surface area contributed by atoms with E-state index in [1.807, 2.05) is 24.3 Å². The van der Waals surface area contributed by atoms with Crippen molar-refractivity contribution in [3.8, 4) is 5.75 Å². The van der Waals surface area contributed by atoms with Crippen LogP contribution in [-0.4, -0.2) is 18.4 Å². The van der Waals surface area contributed by atoms with Gasteiger partial charge < -0.3 is 4.74 Å². The van der Waals surface area contributed by atoms with E-state index in [0.29, 0.717) is 16.5 Å². The Hall–Kier alpha value is -2.34. The van der Waals surface area contributed by atoms with E-state index in [1.54, 1.807) is 17.5 Å². The van der Waals surface area contributed by atoms with E-state index < -0.39 is 5.91 Å². The van der Waals surface area contributed by atoms with Gasteiger partial charge in [0.15, 0.2) is 6.61 Å². The number of ether oxygens (including phenoxy) is 1. The molecule has 2 amide bonds.